The molecule has 8 heteroatoms. The predicted molar refractivity (Wildman–Crippen MR) is 51.9 cm³/mol. The quantitative estimate of drug-likeness (QED) is 0.408. The Labute approximate surface area is 119 Å². The molecule has 7 nitrogen and oxygen atoms in total. The van der Waals surface area contributed by atoms with Gasteiger partial charge in [0.2, 0.25) is 0 Å². The summed E-state index contributed by atoms with van der Waals surface area (Å²) in [5.41, 5.74) is 0.972. The van der Waals surface area contributed by atoms with Crippen LogP contribution >= 0.6 is 0 Å². The smallest absolute Gasteiger partial charge is 0.364 e. The second-order valence-electron chi connectivity index (χ2n) is 3.15. The Hall–Kier alpha value is -1.49. The van der Waals surface area contributed by atoms with E-state index in [0.29, 0.717) is 11.5 Å². The van der Waals surface area contributed by atoms with Gasteiger partial charge < -0.3 is 9.97 Å². The second-order valence-corrected chi connectivity index (χ2v) is 3.15. The fourth-order valence-electron chi connectivity index (χ4n) is 1.35. The van der Waals surface area contributed by atoms with Gasteiger partial charge in [-0.15, -0.1) is 10.3 Å². The minimum absolute atomic E-state index is 0. The zero-order valence-electron chi connectivity index (χ0n) is 9.67. The molecule has 80 valence electrons. The zero-order chi connectivity index (χ0) is 11.7. The Morgan fingerprint density at radius 2 is 2.29 bits per heavy atom. The van der Waals surface area contributed by atoms with E-state index >= 15 is 0 Å². The van der Waals surface area contributed by atoms with Gasteiger partial charge in [0.05, 0.1) is 5.69 Å². The molecule has 17 heavy (non-hydrogen) atoms. The molecule has 2 aromatic rings. The summed E-state index contributed by atoms with van der Waals surface area (Å²) in [4.78, 5) is 18.9. The molecule has 0 amide bonds. The largest absolute Gasteiger partial charge is 1.00 e. The second kappa shape index (κ2) is 5.23. The van der Waals surface area contributed by atoms with Gasteiger partial charge in [0.1, 0.15) is 11.8 Å². The van der Waals surface area contributed by atoms with Crippen molar-refractivity contribution in [2.45, 2.75) is 13.8 Å². The van der Waals surface area contributed by atoms with Gasteiger partial charge in [0, 0.05) is 18.4 Å². The molecule has 2 rings (SSSR count). The predicted octanol–water partition coefficient (Wildman–Crippen LogP) is -2.99. The van der Waals surface area contributed by atoms with Crippen LogP contribution in [0.15, 0.2) is 6.33 Å². The van der Waals surface area contributed by atoms with E-state index in [4.69, 9.17) is 5.26 Å². The van der Waals surface area contributed by atoms with Crippen LogP contribution in [0.25, 0.3) is 5.82 Å². The number of imidazole rings is 1. The molecule has 2 aromatic heterocycles. The summed E-state index contributed by atoms with van der Waals surface area (Å²) in [6.07, 6.45) is 1.27. The molecule has 0 atom stereocenters. The molecule has 0 unspecified atom stereocenters. The van der Waals surface area contributed by atoms with Crippen LogP contribution in [0.3, 0.4) is 0 Å². The van der Waals surface area contributed by atoms with Gasteiger partial charge in [0.15, 0.2) is 5.78 Å². The van der Waals surface area contributed by atoms with Crippen molar-refractivity contribution in [1.82, 2.24) is 25.0 Å². The monoisotopic (exact) mass is 238 g/mol. The summed E-state index contributed by atoms with van der Waals surface area (Å²) in [7, 11) is 0. The molecule has 0 aliphatic carbocycles. The number of hydrogen-bond donors (Lipinski definition) is 0. The van der Waals surface area contributed by atoms with E-state index in [1.165, 1.54) is 17.9 Å². The average Bonchev–Trinajstić information content (AvgIpc) is 2.82. The van der Waals surface area contributed by atoms with Crippen molar-refractivity contribution >= 4 is 5.78 Å². The fourth-order valence-corrected chi connectivity index (χ4v) is 1.35. The summed E-state index contributed by atoms with van der Waals surface area (Å²) >= 11 is 0. The van der Waals surface area contributed by atoms with Crippen LogP contribution in [-0.2, 0) is 0 Å². The Balaban J connectivity index is 0.00000144. The van der Waals surface area contributed by atoms with Gasteiger partial charge in [-0.05, 0) is 13.3 Å². The fraction of sp³-hybridized carbons (Fsp3) is 0.222. The van der Waals surface area contributed by atoms with Crippen LogP contribution < -0.4 is 34.5 Å². The first-order valence-electron chi connectivity index (χ1n) is 4.46. The third kappa shape index (κ3) is 2.29. The summed E-state index contributed by atoms with van der Waals surface area (Å²) in [5, 5.41) is 16.3. The number of carbonyl (C=O) groups is 1. The van der Waals surface area contributed by atoms with Crippen LogP contribution in [0.5, 0.6) is 0 Å². The molecule has 0 fully saturated rings. The van der Waals surface area contributed by atoms with Crippen molar-refractivity contribution in [2.24, 2.45) is 0 Å². The molecule has 0 radical (unpaired) electrons. The van der Waals surface area contributed by atoms with Crippen molar-refractivity contribution in [3.8, 4) is 11.9 Å². The molecular formula is C9H7N6NaO. The average molecular weight is 238 g/mol. The summed E-state index contributed by atoms with van der Waals surface area (Å²) < 4.78 is 1.34. The molecule has 2 heterocycles. The molecule has 0 saturated carbocycles. The zero-order valence-corrected chi connectivity index (χ0v) is 11.7. The van der Waals surface area contributed by atoms with E-state index in [-0.39, 0.29) is 46.7 Å². The number of carbonyl (C=O) groups excluding carboxylic acids is 1. The molecule has 0 aromatic carbocycles. The topological polar surface area (TPSA) is 98.6 Å². The Morgan fingerprint density at radius 3 is 2.82 bits per heavy atom. The van der Waals surface area contributed by atoms with Crippen molar-refractivity contribution < 1.29 is 34.4 Å². The Bertz CT molecular complexity index is 593. The van der Waals surface area contributed by atoms with Crippen molar-refractivity contribution in [2.75, 3.05) is 0 Å². The van der Waals surface area contributed by atoms with E-state index in [2.05, 4.69) is 20.3 Å². The Morgan fingerprint density at radius 1 is 1.59 bits per heavy atom. The number of nitrogens with zero attached hydrogens (tertiary/aromatic N) is 6. The normalized spacial score (nSPS) is 9.47. The summed E-state index contributed by atoms with van der Waals surface area (Å²) in [6.45, 7) is 3.09. The van der Waals surface area contributed by atoms with Gasteiger partial charge in [-0.1, -0.05) is 0 Å². The van der Waals surface area contributed by atoms with E-state index in [1.807, 2.05) is 6.07 Å². The van der Waals surface area contributed by atoms with Crippen molar-refractivity contribution in [3.05, 3.63) is 23.4 Å². The SMILES string of the molecule is CC(=O)c1nnn(-c2[n-]cnc2C#N)c1C.[Na+]. The van der Waals surface area contributed by atoms with Gasteiger partial charge in [-0.25, -0.2) is 0 Å². The van der Waals surface area contributed by atoms with Crippen LogP contribution in [0.1, 0.15) is 28.8 Å². The minimum Gasteiger partial charge on any atom is -0.364 e. The minimum atomic E-state index is -0.179. The van der Waals surface area contributed by atoms with Gasteiger partial charge in [-0.3, -0.25) is 9.48 Å². The molecule has 0 saturated heterocycles. The number of aromatic nitrogens is 5. The Kier molecular flexibility index (Phi) is 4.17. The summed E-state index contributed by atoms with van der Waals surface area (Å²) in [5.74, 6) is 0.113. The first-order valence-corrected chi connectivity index (χ1v) is 4.46. The van der Waals surface area contributed by atoms with E-state index < -0.39 is 0 Å². The number of rotatable bonds is 2. The van der Waals surface area contributed by atoms with Gasteiger partial charge in [0.25, 0.3) is 0 Å². The molecule has 0 bridgehead atoms. The number of nitriles is 1. The first kappa shape index (κ1) is 13.6. The van der Waals surface area contributed by atoms with E-state index in [0.717, 1.165) is 0 Å². The van der Waals surface area contributed by atoms with Crippen molar-refractivity contribution in [1.29, 1.82) is 5.26 Å². The van der Waals surface area contributed by atoms with Gasteiger partial charge in [-0.2, -0.15) is 5.26 Å². The molecule has 0 N–H and O–H groups in total. The number of Topliss-reactive ketones (excluding diaryl/α,β-unsaturated/α-hetero) is 1. The molecule has 0 aliphatic heterocycles. The maximum absolute atomic E-state index is 11.2. The standard InChI is InChI=1S/C9H7N6O.Na/c1-5-8(6(2)16)13-14-15(5)9-7(3-10)11-4-12-9;/h4H,1-2H3;/q-1;+1. The van der Waals surface area contributed by atoms with E-state index in [1.54, 1.807) is 6.92 Å². The van der Waals surface area contributed by atoms with Crippen LogP contribution in [0.4, 0.5) is 0 Å². The van der Waals surface area contributed by atoms with Gasteiger partial charge >= 0.3 is 29.6 Å². The molecule has 0 aliphatic rings. The molecular weight excluding hydrogens is 231 g/mol. The maximum atomic E-state index is 11.2. The van der Waals surface area contributed by atoms with Crippen LogP contribution in [0, 0.1) is 18.3 Å². The third-order valence-corrected chi connectivity index (χ3v) is 2.11. The van der Waals surface area contributed by atoms with Crippen LogP contribution in [0.2, 0.25) is 0 Å². The third-order valence-electron chi connectivity index (χ3n) is 2.11. The van der Waals surface area contributed by atoms with Crippen LogP contribution in [-0.4, -0.2) is 25.8 Å². The molecule has 0 spiro atoms. The van der Waals surface area contributed by atoms with E-state index in [9.17, 15) is 4.79 Å². The summed E-state index contributed by atoms with van der Waals surface area (Å²) in [6, 6.07) is 1.89. The maximum Gasteiger partial charge on any atom is 1.00 e. The number of hydrogen-bond acceptors (Lipinski definition) is 5. The van der Waals surface area contributed by atoms with Crippen molar-refractivity contribution in [3.63, 3.8) is 0 Å². The first-order chi connectivity index (χ1) is 7.65. The number of ketones is 1.